The Morgan fingerprint density at radius 3 is 1.69 bits per heavy atom. The van der Waals surface area contributed by atoms with Crippen LogP contribution in [0.2, 0.25) is 0 Å². The molecular weight excluding hydrogens is 647 g/mol. The Hall–Kier alpha value is -2.44. The van der Waals surface area contributed by atoms with Crippen LogP contribution in [0.4, 0.5) is 0 Å². The van der Waals surface area contributed by atoms with Gasteiger partial charge in [0.05, 0.1) is 25.2 Å². The first kappa shape index (κ1) is 49.6. The zero-order valence-corrected chi connectivity index (χ0v) is 33.9. The van der Waals surface area contributed by atoms with Gasteiger partial charge in [0.25, 0.3) is 0 Å². The molecule has 300 valence electrons. The summed E-state index contributed by atoms with van der Waals surface area (Å²) in [4.78, 5) is 25.9. The molecule has 6 heteroatoms. The van der Waals surface area contributed by atoms with Crippen molar-refractivity contribution in [1.29, 1.82) is 0 Å². The summed E-state index contributed by atoms with van der Waals surface area (Å²) < 4.78 is 5.85. The fourth-order valence-corrected chi connectivity index (χ4v) is 6.13. The molecule has 0 bridgehead atoms. The third-order valence-corrected chi connectivity index (χ3v) is 9.43. The molecule has 0 aromatic carbocycles. The highest BCUT2D eigenvalue weighted by molar-refractivity contribution is 5.77. The zero-order valence-electron chi connectivity index (χ0n) is 33.9. The Labute approximate surface area is 320 Å². The highest BCUT2D eigenvalue weighted by Crippen LogP contribution is 2.16. The van der Waals surface area contributed by atoms with E-state index in [-0.39, 0.29) is 24.9 Å². The molecule has 0 aromatic rings. The summed E-state index contributed by atoms with van der Waals surface area (Å²) in [5.74, 6) is -0.545. The maximum Gasteiger partial charge on any atom is 0.306 e. The highest BCUT2D eigenvalue weighted by atomic mass is 16.5. The molecule has 3 N–H and O–H groups in total. The van der Waals surface area contributed by atoms with Crippen molar-refractivity contribution in [3.8, 4) is 0 Å². The number of carbonyl (C=O) groups is 2. The van der Waals surface area contributed by atoms with Gasteiger partial charge in [0.2, 0.25) is 5.91 Å². The van der Waals surface area contributed by atoms with Crippen LogP contribution in [-0.4, -0.2) is 46.9 Å². The summed E-state index contributed by atoms with van der Waals surface area (Å²) in [5, 5.41) is 23.5. The van der Waals surface area contributed by atoms with Crippen LogP contribution in [0.5, 0.6) is 0 Å². The molecule has 0 aliphatic rings. The lowest BCUT2D eigenvalue weighted by atomic mass is 10.0. The van der Waals surface area contributed by atoms with Gasteiger partial charge in [0, 0.05) is 6.42 Å². The van der Waals surface area contributed by atoms with Crippen LogP contribution >= 0.6 is 0 Å². The topological polar surface area (TPSA) is 95.9 Å². The van der Waals surface area contributed by atoms with Crippen molar-refractivity contribution in [1.82, 2.24) is 5.32 Å². The lowest BCUT2D eigenvalue weighted by molar-refractivity contribution is -0.151. The summed E-state index contributed by atoms with van der Waals surface area (Å²) in [7, 11) is 0. The van der Waals surface area contributed by atoms with Gasteiger partial charge in [-0.15, -0.1) is 0 Å². The van der Waals surface area contributed by atoms with E-state index in [4.69, 9.17) is 4.74 Å². The van der Waals surface area contributed by atoms with E-state index < -0.39 is 18.2 Å². The van der Waals surface area contributed by atoms with Crippen LogP contribution in [0, 0.1) is 0 Å². The first-order valence-electron chi connectivity index (χ1n) is 21.6. The first-order chi connectivity index (χ1) is 25.5. The van der Waals surface area contributed by atoms with E-state index in [1.807, 2.05) is 30.4 Å². The number of esters is 1. The molecule has 3 unspecified atom stereocenters. The number of ether oxygens (including phenoxy) is 1. The second-order valence-electron chi connectivity index (χ2n) is 14.4. The molecule has 52 heavy (non-hydrogen) atoms. The summed E-state index contributed by atoms with van der Waals surface area (Å²) in [6.45, 7) is 6.25. The second-order valence-corrected chi connectivity index (χ2v) is 14.4. The Bertz CT molecular complexity index is 952. The van der Waals surface area contributed by atoms with Crippen molar-refractivity contribution in [2.24, 2.45) is 0 Å². The molecule has 3 atom stereocenters. The van der Waals surface area contributed by atoms with Crippen LogP contribution in [0.3, 0.4) is 0 Å². The largest absolute Gasteiger partial charge is 0.462 e. The molecule has 0 aliphatic carbocycles. The predicted molar refractivity (Wildman–Crippen MR) is 222 cm³/mol. The fraction of sp³-hybridized carbons (Fsp3) is 0.739. The van der Waals surface area contributed by atoms with Gasteiger partial charge in [-0.1, -0.05) is 178 Å². The van der Waals surface area contributed by atoms with Gasteiger partial charge in [-0.3, -0.25) is 9.59 Å². The molecule has 1 amide bonds. The molecule has 0 fully saturated rings. The molecule has 0 spiro atoms. The average molecular weight is 728 g/mol. The van der Waals surface area contributed by atoms with E-state index in [1.54, 1.807) is 0 Å². The number of amides is 1. The molecule has 0 aliphatic heterocycles. The van der Waals surface area contributed by atoms with Gasteiger partial charge in [0.1, 0.15) is 6.10 Å². The summed E-state index contributed by atoms with van der Waals surface area (Å²) >= 11 is 0. The third-order valence-electron chi connectivity index (χ3n) is 9.43. The Balaban J connectivity index is 4.65. The van der Waals surface area contributed by atoms with E-state index in [2.05, 4.69) is 56.5 Å². The smallest absolute Gasteiger partial charge is 0.306 e. The lowest BCUT2D eigenvalue weighted by Crippen LogP contribution is -2.46. The standard InChI is InChI=1S/C46H81NO5/c1-4-7-10-13-16-19-21-22-24-27-30-33-36-39-46(51)52-42(37-34-31-28-25-18-15-12-9-6-3)40-45(50)47-43(41-48)44(49)38-35-32-29-26-23-20-17-14-11-8-5-2/h7,10,13,15-16,18-19,21-22,24,42-44,48-49H,4-6,8-9,11-12,14,17,20,23,25-41H2,1-3H3,(H,47,50)/b10-7+,16-13+,18-15-,21-19-,24-22-. The number of nitrogens with one attached hydrogen (secondary N) is 1. The number of allylic oxidation sites excluding steroid dienone is 10. The Morgan fingerprint density at radius 2 is 1.08 bits per heavy atom. The van der Waals surface area contributed by atoms with Crippen LogP contribution in [0.15, 0.2) is 60.8 Å². The van der Waals surface area contributed by atoms with Gasteiger partial charge >= 0.3 is 5.97 Å². The summed E-state index contributed by atoms with van der Waals surface area (Å²) in [5.41, 5.74) is 0. The second kappa shape index (κ2) is 39.8. The van der Waals surface area contributed by atoms with Crippen molar-refractivity contribution in [2.45, 2.75) is 212 Å². The molecule has 0 aromatic heterocycles. The number of unbranched alkanes of at least 4 members (excludes halogenated alkanes) is 18. The molecular formula is C46H81NO5. The third kappa shape index (κ3) is 34.6. The number of carbonyl (C=O) groups excluding carboxylic acids is 2. The van der Waals surface area contributed by atoms with Gasteiger partial charge < -0.3 is 20.3 Å². The van der Waals surface area contributed by atoms with Crippen molar-refractivity contribution in [3.63, 3.8) is 0 Å². The number of rotatable bonds is 37. The quantitative estimate of drug-likeness (QED) is 0.0256. The minimum Gasteiger partial charge on any atom is -0.462 e. The number of hydrogen-bond acceptors (Lipinski definition) is 5. The van der Waals surface area contributed by atoms with E-state index >= 15 is 0 Å². The fourth-order valence-electron chi connectivity index (χ4n) is 6.13. The van der Waals surface area contributed by atoms with Gasteiger partial charge in [-0.05, 0) is 64.2 Å². The Morgan fingerprint density at radius 1 is 0.577 bits per heavy atom. The van der Waals surface area contributed by atoms with Crippen molar-refractivity contribution >= 4 is 11.9 Å². The van der Waals surface area contributed by atoms with Gasteiger partial charge in [0.15, 0.2) is 0 Å². The average Bonchev–Trinajstić information content (AvgIpc) is 3.13. The number of aliphatic hydroxyl groups excluding tert-OH is 2. The Kier molecular flexibility index (Phi) is 37.9. The maximum atomic E-state index is 13.1. The monoisotopic (exact) mass is 728 g/mol. The number of aliphatic hydroxyl groups is 2. The molecule has 0 saturated heterocycles. The van der Waals surface area contributed by atoms with Crippen LogP contribution in [0.1, 0.15) is 194 Å². The number of hydrogen-bond donors (Lipinski definition) is 3. The van der Waals surface area contributed by atoms with E-state index in [1.165, 1.54) is 64.2 Å². The highest BCUT2D eigenvalue weighted by Gasteiger charge is 2.24. The molecule has 0 rings (SSSR count). The first-order valence-corrected chi connectivity index (χ1v) is 21.6. The molecule has 6 nitrogen and oxygen atoms in total. The predicted octanol–water partition coefficient (Wildman–Crippen LogP) is 12.1. The minimum absolute atomic E-state index is 0.0483. The molecule has 0 radical (unpaired) electrons. The van der Waals surface area contributed by atoms with E-state index in [9.17, 15) is 19.8 Å². The van der Waals surface area contributed by atoms with Crippen molar-refractivity contribution in [2.75, 3.05) is 6.61 Å². The van der Waals surface area contributed by atoms with Gasteiger partial charge in [-0.25, -0.2) is 0 Å². The van der Waals surface area contributed by atoms with Crippen LogP contribution in [0.25, 0.3) is 0 Å². The molecule has 0 heterocycles. The maximum absolute atomic E-state index is 13.1. The minimum atomic E-state index is -0.797. The SMILES string of the molecule is CC/C=C/C=C/C=C\C=C/CCCCCC(=O)OC(CCCCC/C=C\CCCC)CC(=O)NC(CO)C(O)CCCCCCCCCCCCC. The van der Waals surface area contributed by atoms with Crippen molar-refractivity contribution in [3.05, 3.63) is 60.8 Å². The van der Waals surface area contributed by atoms with Crippen LogP contribution in [-0.2, 0) is 14.3 Å². The van der Waals surface area contributed by atoms with E-state index in [0.717, 1.165) is 83.5 Å². The van der Waals surface area contributed by atoms with Crippen molar-refractivity contribution < 1.29 is 24.5 Å². The summed E-state index contributed by atoms with van der Waals surface area (Å²) in [6.07, 6.45) is 47.1. The zero-order chi connectivity index (χ0) is 38.2. The summed E-state index contributed by atoms with van der Waals surface area (Å²) in [6, 6.07) is -0.713. The normalized spacial score (nSPS) is 14.0. The lowest BCUT2D eigenvalue weighted by Gasteiger charge is -2.24. The molecule has 0 saturated carbocycles. The van der Waals surface area contributed by atoms with Gasteiger partial charge in [-0.2, -0.15) is 0 Å². The van der Waals surface area contributed by atoms with E-state index in [0.29, 0.717) is 19.3 Å². The van der Waals surface area contributed by atoms with Crippen LogP contribution < -0.4 is 5.32 Å².